The van der Waals surface area contributed by atoms with Gasteiger partial charge >= 0.3 is 0 Å². The van der Waals surface area contributed by atoms with Crippen LogP contribution in [0, 0.1) is 11.6 Å². The Morgan fingerprint density at radius 2 is 2.00 bits per heavy atom. The molecule has 0 atom stereocenters. The summed E-state index contributed by atoms with van der Waals surface area (Å²) in [6.07, 6.45) is 2.58. The van der Waals surface area contributed by atoms with Crippen molar-refractivity contribution in [1.29, 1.82) is 0 Å². The highest BCUT2D eigenvalue weighted by atomic mass is 19.1. The Morgan fingerprint density at radius 3 is 2.71 bits per heavy atom. The van der Waals surface area contributed by atoms with Crippen LogP contribution in [0.15, 0.2) is 18.2 Å². The van der Waals surface area contributed by atoms with Gasteiger partial charge in [0, 0.05) is 6.54 Å². The van der Waals surface area contributed by atoms with E-state index in [1.807, 2.05) is 0 Å². The predicted octanol–water partition coefficient (Wildman–Crippen LogP) is 1.82. The van der Waals surface area contributed by atoms with Crippen LogP contribution < -0.4 is 11.1 Å². The molecule has 5 heteroatoms. The van der Waals surface area contributed by atoms with Gasteiger partial charge in [-0.25, -0.2) is 8.78 Å². The van der Waals surface area contributed by atoms with E-state index in [0.29, 0.717) is 13.1 Å². The lowest BCUT2D eigenvalue weighted by Crippen LogP contribution is -2.25. The number of carbonyl (C=O) groups excluding carboxylic acids is 1. The first kappa shape index (κ1) is 13.6. The summed E-state index contributed by atoms with van der Waals surface area (Å²) in [5.41, 5.74) is 5.06. The molecule has 1 amide bonds. The second kappa shape index (κ2) is 6.96. The number of carbonyl (C=O) groups is 1. The van der Waals surface area contributed by atoms with Crippen LogP contribution in [0.25, 0.3) is 0 Å². The van der Waals surface area contributed by atoms with Gasteiger partial charge in [-0.05, 0) is 37.6 Å². The monoisotopic (exact) mass is 242 g/mol. The number of unbranched alkanes of at least 4 members (excludes halogenated alkanes) is 2. The van der Waals surface area contributed by atoms with Crippen LogP contribution in [-0.4, -0.2) is 19.0 Å². The molecule has 0 bridgehead atoms. The lowest BCUT2D eigenvalue weighted by molar-refractivity contribution is 0.0948. The molecular weight excluding hydrogens is 226 g/mol. The van der Waals surface area contributed by atoms with Crippen LogP contribution in [0.5, 0.6) is 0 Å². The van der Waals surface area contributed by atoms with Gasteiger partial charge in [-0.2, -0.15) is 0 Å². The molecule has 0 aliphatic heterocycles. The maximum atomic E-state index is 13.2. The van der Waals surface area contributed by atoms with Gasteiger partial charge in [0.05, 0.1) is 5.56 Å². The molecule has 1 rings (SSSR count). The maximum Gasteiger partial charge on any atom is 0.254 e. The normalized spacial score (nSPS) is 10.3. The maximum absolute atomic E-state index is 13.2. The van der Waals surface area contributed by atoms with Crippen LogP contribution in [0.3, 0.4) is 0 Å². The molecule has 0 fully saturated rings. The molecule has 3 N–H and O–H groups in total. The lowest BCUT2D eigenvalue weighted by atomic mass is 10.2. The highest BCUT2D eigenvalue weighted by Crippen LogP contribution is 2.09. The van der Waals surface area contributed by atoms with Crippen molar-refractivity contribution in [2.75, 3.05) is 13.1 Å². The van der Waals surface area contributed by atoms with Crippen LogP contribution in [-0.2, 0) is 0 Å². The number of nitrogens with two attached hydrogens (primary N) is 1. The second-order valence-corrected chi connectivity index (χ2v) is 3.73. The van der Waals surface area contributed by atoms with E-state index in [1.54, 1.807) is 0 Å². The van der Waals surface area contributed by atoms with Crippen molar-refractivity contribution < 1.29 is 13.6 Å². The quantitative estimate of drug-likeness (QED) is 0.748. The minimum absolute atomic E-state index is 0.260. The average Bonchev–Trinajstić information content (AvgIpc) is 2.32. The minimum atomic E-state index is -0.717. The zero-order chi connectivity index (χ0) is 12.7. The van der Waals surface area contributed by atoms with Crippen molar-refractivity contribution in [2.24, 2.45) is 5.73 Å². The van der Waals surface area contributed by atoms with Crippen molar-refractivity contribution in [1.82, 2.24) is 5.32 Å². The molecule has 0 saturated heterocycles. The van der Waals surface area contributed by atoms with Crippen LogP contribution in [0.1, 0.15) is 29.6 Å². The van der Waals surface area contributed by atoms with Gasteiger partial charge < -0.3 is 11.1 Å². The van der Waals surface area contributed by atoms with Crippen molar-refractivity contribution in [3.63, 3.8) is 0 Å². The first-order chi connectivity index (χ1) is 8.15. The van der Waals surface area contributed by atoms with E-state index in [1.165, 1.54) is 0 Å². The number of rotatable bonds is 6. The third kappa shape index (κ3) is 4.48. The number of halogens is 2. The number of benzene rings is 1. The Kier molecular flexibility index (Phi) is 5.56. The molecule has 0 heterocycles. The Hall–Kier alpha value is -1.49. The third-order valence-corrected chi connectivity index (χ3v) is 2.34. The summed E-state index contributed by atoms with van der Waals surface area (Å²) in [7, 11) is 0. The first-order valence-corrected chi connectivity index (χ1v) is 5.58. The molecule has 0 spiro atoms. The van der Waals surface area contributed by atoms with E-state index < -0.39 is 17.5 Å². The SMILES string of the molecule is NCCCCCNC(=O)c1cc(F)ccc1F. The number of hydrogen-bond acceptors (Lipinski definition) is 2. The largest absolute Gasteiger partial charge is 0.352 e. The van der Waals surface area contributed by atoms with Gasteiger partial charge in [0.25, 0.3) is 5.91 Å². The van der Waals surface area contributed by atoms with Crippen molar-refractivity contribution in [2.45, 2.75) is 19.3 Å². The molecule has 1 aromatic carbocycles. The van der Waals surface area contributed by atoms with Gasteiger partial charge in [0.15, 0.2) is 0 Å². The van der Waals surface area contributed by atoms with Gasteiger partial charge in [-0.3, -0.25) is 4.79 Å². The van der Waals surface area contributed by atoms with Gasteiger partial charge in [0.2, 0.25) is 0 Å². The third-order valence-electron chi connectivity index (χ3n) is 2.34. The molecule has 94 valence electrons. The summed E-state index contributed by atoms with van der Waals surface area (Å²) < 4.78 is 26.0. The van der Waals surface area contributed by atoms with E-state index in [4.69, 9.17) is 5.73 Å². The molecule has 3 nitrogen and oxygen atoms in total. The molecule has 0 aromatic heterocycles. The zero-order valence-electron chi connectivity index (χ0n) is 9.51. The second-order valence-electron chi connectivity index (χ2n) is 3.73. The Labute approximate surface area is 99.0 Å². The summed E-state index contributed by atoms with van der Waals surface area (Å²) >= 11 is 0. The van der Waals surface area contributed by atoms with Crippen molar-refractivity contribution in [3.8, 4) is 0 Å². The summed E-state index contributed by atoms with van der Waals surface area (Å²) in [5, 5.41) is 2.54. The summed E-state index contributed by atoms with van der Waals surface area (Å²) in [6.45, 7) is 1.06. The zero-order valence-corrected chi connectivity index (χ0v) is 9.51. The van der Waals surface area contributed by atoms with Crippen LogP contribution >= 0.6 is 0 Å². The fourth-order valence-corrected chi connectivity index (χ4v) is 1.41. The Morgan fingerprint density at radius 1 is 1.24 bits per heavy atom. The Bertz CT molecular complexity index is 383. The number of amides is 1. The Balaban J connectivity index is 2.44. The van der Waals surface area contributed by atoms with E-state index in [9.17, 15) is 13.6 Å². The molecule has 0 unspecified atom stereocenters. The minimum Gasteiger partial charge on any atom is -0.352 e. The molecule has 0 aliphatic rings. The molecular formula is C12H16F2N2O. The van der Waals surface area contributed by atoms with E-state index >= 15 is 0 Å². The number of nitrogens with one attached hydrogen (secondary N) is 1. The fraction of sp³-hybridized carbons (Fsp3) is 0.417. The topological polar surface area (TPSA) is 55.1 Å². The average molecular weight is 242 g/mol. The molecule has 0 aliphatic carbocycles. The number of hydrogen-bond donors (Lipinski definition) is 2. The fourth-order valence-electron chi connectivity index (χ4n) is 1.41. The van der Waals surface area contributed by atoms with Crippen LogP contribution in [0.2, 0.25) is 0 Å². The predicted molar refractivity (Wildman–Crippen MR) is 61.6 cm³/mol. The van der Waals surface area contributed by atoms with Gasteiger partial charge in [0.1, 0.15) is 11.6 Å². The summed E-state index contributed by atoms with van der Waals surface area (Å²) in [6, 6.07) is 2.82. The van der Waals surface area contributed by atoms with Crippen molar-refractivity contribution in [3.05, 3.63) is 35.4 Å². The highest BCUT2D eigenvalue weighted by molar-refractivity contribution is 5.94. The standard InChI is InChI=1S/C12H16F2N2O/c13-9-4-5-11(14)10(8-9)12(17)16-7-3-1-2-6-15/h4-5,8H,1-3,6-7,15H2,(H,16,17). The first-order valence-electron chi connectivity index (χ1n) is 5.58. The molecule has 17 heavy (non-hydrogen) atoms. The smallest absolute Gasteiger partial charge is 0.254 e. The highest BCUT2D eigenvalue weighted by Gasteiger charge is 2.11. The van der Waals surface area contributed by atoms with Crippen molar-refractivity contribution >= 4 is 5.91 Å². The molecule has 1 aromatic rings. The van der Waals surface area contributed by atoms with E-state index in [2.05, 4.69) is 5.32 Å². The van der Waals surface area contributed by atoms with Crippen LogP contribution in [0.4, 0.5) is 8.78 Å². The van der Waals surface area contributed by atoms with E-state index in [0.717, 1.165) is 37.5 Å². The summed E-state index contributed by atoms with van der Waals surface area (Å²) in [4.78, 5) is 11.5. The van der Waals surface area contributed by atoms with Gasteiger partial charge in [-0.15, -0.1) is 0 Å². The summed E-state index contributed by atoms with van der Waals surface area (Å²) in [5.74, 6) is -1.93. The molecule has 0 saturated carbocycles. The van der Waals surface area contributed by atoms with E-state index in [-0.39, 0.29) is 5.56 Å². The molecule has 0 radical (unpaired) electrons. The lowest BCUT2D eigenvalue weighted by Gasteiger charge is -2.05. The van der Waals surface area contributed by atoms with Gasteiger partial charge in [-0.1, -0.05) is 6.42 Å².